The maximum Gasteiger partial charge on any atom is 0.0931 e. The Labute approximate surface area is 142 Å². The Balaban J connectivity index is 2.04. The van der Waals surface area contributed by atoms with Crippen LogP contribution in [-0.4, -0.2) is 6.54 Å². The summed E-state index contributed by atoms with van der Waals surface area (Å²) in [4.78, 5) is 1.25. The predicted octanol–water partition coefficient (Wildman–Crippen LogP) is 6.02. The van der Waals surface area contributed by atoms with Gasteiger partial charge in [-0.3, -0.25) is 0 Å². The van der Waals surface area contributed by atoms with Crippen molar-refractivity contribution in [1.82, 2.24) is 5.32 Å². The van der Waals surface area contributed by atoms with Crippen LogP contribution in [0.2, 0.25) is 4.34 Å². The largest absolute Gasteiger partial charge is 0.306 e. The average molecular weight is 381 g/mol. The minimum absolute atomic E-state index is 0.195. The van der Waals surface area contributed by atoms with Gasteiger partial charge in [-0.2, -0.15) is 0 Å². The summed E-state index contributed by atoms with van der Waals surface area (Å²) in [6, 6.07) is 17.2. The van der Waals surface area contributed by atoms with Crippen LogP contribution in [0.15, 0.2) is 53.0 Å². The number of hydrogen-bond donors (Lipinski definition) is 1. The summed E-state index contributed by atoms with van der Waals surface area (Å²) in [5.41, 5.74) is 1.27. The Morgan fingerprint density at radius 1 is 1.10 bits per heavy atom. The smallest absolute Gasteiger partial charge is 0.0931 e. The van der Waals surface area contributed by atoms with Gasteiger partial charge in [0.2, 0.25) is 0 Å². The van der Waals surface area contributed by atoms with Gasteiger partial charge in [-0.1, -0.05) is 52.7 Å². The first-order valence-electron chi connectivity index (χ1n) is 6.85. The van der Waals surface area contributed by atoms with Gasteiger partial charge in [-0.05, 0) is 53.2 Å². The molecule has 0 aliphatic carbocycles. The molecule has 0 spiro atoms. The maximum absolute atomic E-state index is 6.09. The lowest BCUT2D eigenvalue weighted by molar-refractivity contribution is 0.640. The Morgan fingerprint density at radius 2 is 1.86 bits per heavy atom. The molecule has 3 rings (SSSR count). The van der Waals surface area contributed by atoms with Crippen molar-refractivity contribution >= 4 is 49.6 Å². The van der Waals surface area contributed by atoms with Gasteiger partial charge in [-0.25, -0.2) is 0 Å². The Hall–Kier alpha value is -0.870. The van der Waals surface area contributed by atoms with E-state index >= 15 is 0 Å². The SMILES string of the molecule is CCNC(c1ccc2cc(Br)ccc2c1)c1ccc(Cl)s1. The van der Waals surface area contributed by atoms with E-state index in [0.29, 0.717) is 0 Å². The molecule has 0 aliphatic heterocycles. The highest BCUT2D eigenvalue weighted by atomic mass is 79.9. The van der Waals surface area contributed by atoms with Crippen LogP contribution in [0.4, 0.5) is 0 Å². The molecule has 1 heterocycles. The van der Waals surface area contributed by atoms with Crippen molar-refractivity contribution in [3.05, 3.63) is 67.8 Å². The molecule has 1 nitrogen and oxygen atoms in total. The van der Waals surface area contributed by atoms with Crippen molar-refractivity contribution in [2.24, 2.45) is 0 Å². The maximum atomic E-state index is 6.09. The van der Waals surface area contributed by atoms with E-state index in [4.69, 9.17) is 11.6 Å². The highest BCUT2D eigenvalue weighted by molar-refractivity contribution is 9.10. The molecular weight excluding hydrogens is 366 g/mol. The van der Waals surface area contributed by atoms with Gasteiger partial charge >= 0.3 is 0 Å². The molecule has 1 unspecified atom stereocenters. The number of fused-ring (bicyclic) bond motifs is 1. The van der Waals surface area contributed by atoms with Crippen molar-refractivity contribution in [2.75, 3.05) is 6.54 Å². The van der Waals surface area contributed by atoms with E-state index in [9.17, 15) is 0 Å². The minimum atomic E-state index is 0.195. The summed E-state index contributed by atoms with van der Waals surface area (Å²) < 4.78 is 1.94. The Bertz CT molecular complexity index is 768. The Kier molecular flexibility index (Phi) is 4.65. The first-order valence-corrected chi connectivity index (χ1v) is 8.84. The molecule has 1 atom stereocenters. The molecule has 0 fully saturated rings. The molecule has 2 aromatic carbocycles. The average Bonchev–Trinajstić information content (AvgIpc) is 2.90. The van der Waals surface area contributed by atoms with Crippen LogP contribution in [0.3, 0.4) is 0 Å². The number of nitrogens with one attached hydrogen (secondary N) is 1. The van der Waals surface area contributed by atoms with Crippen LogP contribution in [0.25, 0.3) is 10.8 Å². The van der Waals surface area contributed by atoms with Crippen molar-refractivity contribution in [3.8, 4) is 0 Å². The number of halogens is 2. The fourth-order valence-electron chi connectivity index (χ4n) is 2.48. The molecule has 0 bridgehead atoms. The number of hydrogen-bond acceptors (Lipinski definition) is 2. The molecule has 21 heavy (non-hydrogen) atoms. The summed E-state index contributed by atoms with van der Waals surface area (Å²) >= 11 is 11.2. The molecule has 3 aromatic rings. The second-order valence-electron chi connectivity index (χ2n) is 4.88. The third-order valence-electron chi connectivity index (χ3n) is 3.45. The normalized spacial score (nSPS) is 12.7. The molecule has 0 aliphatic rings. The van der Waals surface area contributed by atoms with E-state index in [-0.39, 0.29) is 6.04 Å². The number of benzene rings is 2. The first-order chi connectivity index (χ1) is 10.2. The molecule has 108 valence electrons. The van der Waals surface area contributed by atoms with Crippen LogP contribution in [-0.2, 0) is 0 Å². The van der Waals surface area contributed by atoms with Gasteiger partial charge in [0.05, 0.1) is 10.4 Å². The van der Waals surface area contributed by atoms with E-state index in [1.165, 1.54) is 21.2 Å². The highest BCUT2D eigenvalue weighted by Gasteiger charge is 2.15. The van der Waals surface area contributed by atoms with Crippen molar-refractivity contribution in [2.45, 2.75) is 13.0 Å². The molecule has 0 saturated carbocycles. The van der Waals surface area contributed by atoms with Crippen LogP contribution < -0.4 is 5.32 Å². The van der Waals surface area contributed by atoms with Gasteiger partial charge in [0.15, 0.2) is 0 Å². The second kappa shape index (κ2) is 6.49. The first kappa shape index (κ1) is 15.0. The van der Waals surface area contributed by atoms with E-state index in [2.05, 4.69) is 70.6 Å². The van der Waals surface area contributed by atoms with Gasteiger partial charge in [0, 0.05) is 9.35 Å². The number of rotatable bonds is 4. The molecule has 1 aromatic heterocycles. The molecule has 1 N–H and O–H groups in total. The van der Waals surface area contributed by atoms with E-state index < -0.39 is 0 Å². The van der Waals surface area contributed by atoms with Crippen LogP contribution in [0.5, 0.6) is 0 Å². The van der Waals surface area contributed by atoms with E-state index in [1.54, 1.807) is 11.3 Å². The van der Waals surface area contributed by atoms with E-state index in [0.717, 1.165) is 15.4 Å². The standard InChI is InChI=1S/C17H15BrClNS/c1-2-20-17(15-7-8-16(19)21-15)13-4-3-12-10-14(18)6-5-11(12)9-13/h3-10,17,20H,2H2,1H3. The summed E-state index contributed by atoms with van der Waals surface area (Å²) in [6.07, 6.45) is 0. The predicted molar refractivity (Wildman–Crippen MR) is 96.5 cm³/mol. The summed E-state index contributed by atoms with van der Waals surface area (Å²) in [7, 11) is 0. The summed E-state index contributed by atoms with van der Waals surface area (Å²) in [5.74, 6) is 0. The van der Waals surface area contributed by atoms with Crippen molar-refractivity contribution < 1.29 is 0 Å². The molecule has 0 saturated heterocycles. The molecular formula is C17H15BrClNS. The van der Waals surface area contributed by atoms with Gasteiger partial charge in [0.1, 0.15) is 0 Å². The summed E-state index contributed by atoms with van der Waals surface area (Å²) in [6.45, 7) is 3.04. The van der Waals surface area contributed by atoms with Gasteiger partial charge < -0.3 is 5.32 Å². The number of thiophene rings is 1. The zero-order valence-corrected chi connectivity index (χ0v) is 14.7. The zero-order valence-electron chi connectivity index (χ0n) is 11.6. The topological polar surface area (TPSA) is 12.0 Å². The Morgan fingerprint density at radius 3 is 2.57 bits per heavy atom. The lowest BCUT2D eigenvalue weighted by Gasteiger charge is -2.17. The van der Waals surface area contributed by atoms with Gasteiger partial charge in [0.25, 0.3) is 0 Å². The molecule has 0 amide bonds. The lowest BCUT2D eigenvalue weighted by Crippen LogP contribution is -2.20. The third-order valence-corrected chi connectivity index (χ3v) is 5.24. The van der Waals surface area contributed by atoms with Crippen LogP contribution in [0, 0.1) is 0 Å². The van der Waals surface area contributed by atoms with Gasteiger partial charge in [-0.15, -0.1) is 11.3 Å². The minimum Gasteiger partial charge on any atom is -0.306 e. The second-order valence-corrected chi connectivity index (χ2v) is 7.55. The quantitative estimate of drug-likeness (QED) is 0.584. The van der Waals surface area contributed by atoms with Crippen molar-refractivity contribution in [3.63, 3.8) is 0 Å². The molecule has 0 radical (unpaired) electrons. The zero-order chi connectivity index (χ0) is 14.8. The van der Waals surface area contributed by atoms with E-state index in [1.807, 2.05) is 6.07 Å². The fourth-order valence-corrected chi connectivity index (χ4v) is 4.03. The summed E-state index contributed by atoms with van der Waals surface area (Å²) in [5, 5.41) is 6.04. The molecule has 4 heteroatoms. The van der Waals surface area contributed by atoms with Crippen LogP contribution >= 0.6 is 38.9 Å². The fraction of sp³-hybridized carbons (Fsp3) is 0.176. The van der Waals surface area contributed by atoms with Crippen molar-refractivity contribution in [1.29, 1.82) is 0 Å². The third kappa shape index (κ3) is 3.32. The lowest BCUT2D eigenvalue weighted by atomic mass is 10.0. The van der Waals surface area contributed by atoms with Crippen LogP contribution in [0.1, 0.15) is 23.4 Å². The highest BCUT2D eigenvalue weighted by Crippen LogP contribution is 2.32. The monoisotopic (exact) mass is 379 g/mol.